The molecule has 1 aliphatic rings. The molecule has 0 spiro atoms. The number of ether oxygens (including phenoxy) is 1. The average molecular weight is 220 g/mol. The molecule has 0 amide bonds. The standard InChI is InChI=1S/C16H12O/c1-3-7-13-11(5-1)9-12-6-2-4-8-14(12)16(13)15-10-17-15/h1-9,15H,10H2/t15-/m0/s1. The summed E-state index contributed by atoms with van der Waals surface area (Å²) in [6, 6.07) is 19.4. The van der Waals surface area contributed by atoms with E-state index < -0.39 is 0 Å². The summed E-state index contributed by atoms with van der Waals surface area (Å²) in [5.41, 5.74) is 1.36. The Kier molecular flexibility index (Phi) is 1.79. The van der Waals surface area contributed by atoms with Gasteiger partial charge in [-0.15, -0.1) is 0 Å². The highest BCUT2D eigenvalue weighted by molar-refractivity contribution is 6.02. The van der Waals surface area contributed by atoms with Crippen LogP contribution in [0, 0.1) is 0 Å². The first-order valence-electron chi connectivity index (χ1n) is 5.95. The predicted octanol–water partition coefficient (Wildman–Crippen LogP) is 4.06. The predicted molar refractivity (Wildman–Crippen MR) is 70.1 cm³/mol. The Morgan fingerprint density at radius 3 is 1.88 bits per heavy atom. The van der Waals surface area contributed by atoms with E-state index in [2.05, 4.69) is 54.6 Å². The second-order valence-corrected chi connectivity index (χ2v) is 4.55. The maximum absolute atomic E-state index is 5.51. The molecule has 0 aromatic heterocycles. The fraction of sp³-hybridized carbons (Fsp3) is 0.125. The molecule has 17 heavy (non-hydrogen) atoms. The van der Waals surface area contributed by atoms with E-state index in [0.29, 0.717) is 6.10 Å². The molecule has 0 N–H and O–H groups in total. The molecule has 1 aliphatic heterocycles. The normalized spacial score (nSPS) is 18.7. The molecule has 0 radical (unpaired) electrons. The van der Waals surface area contributed by atoms with Gasteiger partial charge in [0, 0.05) is 0 Å². The summed E-state index contributed by atoms with van der Waals surface area (Å²) in [6.45, 7) is 0.859. The number of hydrogen-bond acceptors (Lipinski definition) is 1. The molecule has 1 heterocycles. The van der Waals surface area contributed by atoms with Crippen LogP contribution in [0.3, 0.4) is 0 Å². The third-order valence-corrected chi connectivity index (χ3v) is 3.47. The highest BCUT2D eigenvalue weighted by Crippen LogP contribution is 2.40. The van der Waals surface area contributed by atoms with Crippen LogP contribution in [-0.2, 0) is 4.74 Å². The van der Waals surface area contributed by atoms with Crippen molar-refractivity contribution in [2.45, 2.75) is 6.10 Å². The Labute approximate surface area is 99.6 Å². The fourth-order valence-electron chi connectivity index (χ4n) is 2.61. The lowest BCUT2D eigenvalue weighted by molar-refractivity contribution is 0.418. The van der Waals surface area contributed by atoms with Crippen molar-refractivity contribution in [1.82, 2.24) is 0 Å². The van der Waals surface area contributed by atoms with Crippen molar-refractivity contribution in [1.29, 1.82) is 0 Å². The number of fused-ring (bicyclic) bond motifs is 2. The summed E-state index contributed by atoms with van der Waals surface area (Å²) in [7, 11) is 0. The maximum atomic E-state index is 5.51. The summed E-state index contributed by atoms with van der Waals surface area (Å²) in [5, 5.41) is 5.26. The van der Waals surface area contributed by atoms with Gasteiger partial charge in [-0.1, -0.05) is 48.5 Å². The summed E-state index contributed by atoms with van der Waals surface area (Å²) in [6.07, 6.45) is 0.297. The first kappa shape index (κ1) is 9.20. The summed E-state index contributed by atoms with van der Waals surface area (Å²) in [4.78, 5) is 0. The maximum Gasteiger partial charge on any atom is 0.107 e. The van der Waals surface area contributed by atoms with Crippen LogP contribution >= 0.6 is 0 Å². The van der Waals surface area contributed by atoms with Crippen LogP contribution < -0.4 is 0 Å². The fourth-order valence-corrected chi connectivity index (χ4v) is 2.61. The van der Waals surface area contributed by atoms with Crippen molar-refractivity contribution in [3.63, 3.8) is 0 Å². The van der Waals surface area contributed by atoms with Gasteiger partial charge in [-0.3, -0.25) is 0 Å². The van der Waals surface area contributed by atoms with Gasteiger partial charge in [0.2, 0.25) is 0 Å². The van der Waals surface area contributed by atoms with Gasteiger partial charge < -0.3 is 4.74 Å². The molecule has 1 fully saturated rings. The topological polar surface area (TPSA) is 12.5 Å². The zero-order valence-electron chi connectivity index (χ0n) is 9.39. The number of epoxide rings is 1. The minimum Gasteiger partial charge on any atom is -0.368 e. The van der Waals surface area contributed by atoms with E-state index in [0.717, 1.165) is 6.61 Å². The molecule has 0 unspecified atom stereocenters. The SMILES string of the molecule is c1ccc2c([C@@H]3CO3)c3ccccc3cc2c1. The zero-order chi connectivity index (χ0) is 11.2. The van der Waals surface area contributed by atoms with Crippen molar-refractivity contribution in [3.05, 3.63) is 60.2 Å². The average Bonchev–Trinajstić information content (AvgIpc) is 3.20. The van der Waals surface area contributed by atoms with Gasteiger partial charge in [0.25, 0.3) is 0 Å². The van der Waals surface area contributed by atoms with Crippen molar-refractivity contribution in [2.24, 2.45) is 0 Å². The van der Waals surface area contributed by atoms with Crippen LogP contribution in [-0.4, -0.2) is 6.61 Å². The molecule has 0 bridgehead atoms. The van der Waals surface area contributed by atoms with Gasteiger partial charge in [0.05, 0.1) is 6.61 Å². The van der Waals surface area contributed by atoms with E-state index in [1.807, 2.05) is 0 Å². The molecular weight excluding hydrogens is 208 g/mol. The van der Waals surface area contributed by atoms with Crippen LogP contribution in [0.2, 0.25) is 0 Å². The molecule has 1 nitrogen and oxygen atoms in total. The Morgan fingerprint density at radius 1 is 0.824 bits per heavy atom. The highest BCUT2D eigenvalue weighted by atomic mass is 16.6. The first-order valence-corrected chi connectivity index (χ1v) is 5.95. The highest BCUT2D eigenvalue weighted by Gasteiger charge is 2.28. The molecule has 3 aromatic rings. The van der Waals surface area contributed by atoms with Crippen LogP contribution in [0.15, 0.2) is 54.6 Å². The summed E-state index contributed by atoms with van der Waals surface area (Å²) in [5.74, 6) is 0. The van der Waals surface area contributed by atoms with Crippen LogP contribution in [0.4, 0.5) is 0 Å². The lowest BCUT2D eigenvalue weighted by Gasteiger charge is -2.09. The van der Waals surface area contributed by atoms with E-state index in [9.17, 15) is 0 Å². The van der Waals surface area contributed by atoms with E-state index >= 15 is 0 Å². The van der Waals surface area contributed by atoms with Crippen molar-refractivity contribution in [2.75, 3.05) is 6.61 Å². The minimum absolute atomic E-state index is 0.297. The lowest BCUT2D eigenvalue weighted by atomic mass is 9.95. The molecule has 0 saturated carbocycles. The zero-order valence-corrected chi connectivity index (χ0v) is 9.39. The smallest absolute Gasteiger partial charge is 0.107 e. The molecule has 4 rings (SSSR count). The summed E-state index contributed by atoms with van der Waals surface area (Å²) >= 11 is 0. The number of rotatable bonds is 1. The Balaban J connectivity index is 2.23. The van der Waals surface area contributed by atoms with E-state index in [-0.39, 0.29) is 0 Å². The monoisotopic (exact) mass is 220 g/mol. The molecule has 0 aliphatic carbocycles. The largest absolute Gasteiger partial charge is 0.368 e. The van der Waals surface area contributed by atoms with Gasteiger partial charge >= 0.3 is 0 Å². The minimum atomic E-state index is 0.297. The second-order valence-electron chi connectivity index (χ2n) is 4.55. The van der Waals surface area contributed by atoms with Gasteiger partial charge in [-0.25, -0.2) is 0 Å². The molecule has 1 atom stereocenters. The number of hydrogen-bond donors (Lipinski definition) is 0. The number of benzene rings is 3. The molecule has 1 saturated heterocycles. The molecule has 3 aromatic carbocycles. The van der Waals surface area contributed by atoms with E-state index in [1.54, 1.807) is 0 Å². The Morgan fingerprint density at radius 2 is 1.35 bits per heavy atom. The molecule has 82 valence electrons. The van der Waals surface area contributed by atoms with Crippen LogP contribution in [0.25, 0.3) is 21.5 Å². The van der Waals surface area contributed by atoms with E-state index in [1.165, 1.54) is 27.1 Å². The third kappa shape index (κ3) is 1.36. The van der Waals surface area contributed by atoms with Gasteiger partial charge in [-0.05, 0) is 33.2 Å². The molecule has 1 heteroatoms. The Bertz CT molecular complexity index is 657. The van der Waals surface area contributed by atoms with Crippen LogP contribution in [0.5, 0.6) is 0 Å². The van der Waals surface area contributed by atoms with Gasteiger partial charge in [0.15, 0.2) is 0 Å². The van der Waals surface area contributed by atoms with Crippen LogP contribution in [0.1, 0.15) is 11.7 Å². The van der Waals surface area contributed by atoms with Gasteiger partial charge in [-0.2, -0.15) is 0 Å². The lowest BCUT2D eigenvalue weighted by Crippen LogP contribution is -1.87. The van der Waals surface area contributed by atoms with E-state index in [4.69, 9.17) is 4.74 Å². The summed E-state index contributed by atoms with van der Waals surface area (Å²) < 4.78 is 5.51. The first-order chi connectivity index (χ1) is 8.43. The van der Waals surface area contributed by atoms with Gasteiger partial charge in [0.1, 0.15) is 6.10 Å². The quantitative estimate of drug-likeness (QED) is 0.445. The van der Waals surface area contributed by atoms with Crippen molar-refractivity contribution >= 4 is 21.5 Å². The molecular formula is C16H12O. The third-order valence-electron chi connectivity index (χ3n) is 3.47. The Hall–Kier alpha value is -1.86. The second kappa shape index (κ2) is 3.31. The van der Waals surface area contributed by atoms with Crippen molar-refractivity contribution in [3.8, 4) is 0 Å². The van der Waals surface area contributed by atoms with Crippen molar-refractivity contribution < 1.29 is 4.74 Å².